The third-order valence-electron chi connectivity index (χ3n) is 4.15. The van der Waals surface area contributed by atoms with Crippen molar-refractivity contribution in [2.75, 3.05) is 20.3 Å². The van der Waals surface area contributed by atoms with Crippen molar-refractivity contribution in [3.05, 3.63) is 70.8 Å². The summed E-state index contributed by atoms with van der Waals surface area (Å²) in [5.41, 5.74) is 1.78. The fraction of sp³-hybridized carbons (Fsp3) is 0.273. The normalized spacial score (nSPS) is 10.1. The van der Waals surface area contributed by atoms with Gasteiger partial charge in [-0.3, -0.25) is 14.4 Å². The van der Waals surface area contributed by atoms with Crippen LogP contribution in [0.2, 0.25) is 0 Å². The Morgan fingerprint density at radius 1 is 0.931 bits per heavy atom. The van der Waals surface area contributed by atoms with Crippen molar-refractivity contribution in [1.29, 1.82) is 0 Å². The van der Waals surface area contributed by atoms with E-state index in [2.05, 4.69) is 10.1 Å². The minimum atomic E-state index is -0.759. The molecule has 2 rings (SSSR count). The summed E-state index contributed by atoms with van der Waals surface area (Å²) in [6.07, 6.45) is 0.602. The molecule has 29 heavy (non-hydrogen) atoms. The lowest BCUT2D eigenvalue weighted by Gasteiger charge is -2.10. The molecule has 0 atom stereocenters. The van der Waals surface area contributed by atoms with E-state index in [0.29, 0.717) is 12.0 Å². The number of esters is 2. The van der Waals surface area contributed by atoms with E-state index in [1.54, 1.807) is 30.3 Å². The standard InChI is InChI=1S/C22H23NO6/c1-15-9-11-16(12-10-15)21(26)17-6-3-4-7-18(17)22(27)29-14-19(24)23-13-5-8-20(25)28-2/h3-4,6-7,9-12H,5,8,13-14H2,1-2H3,(H,23,24). The van der Waals surface area contributed by atoms with Gasteiger partial charge in [-0.05, 0) is 19.4 Å². The highest BCUT2D eigenvalue weighted by molar-refractivity contribution is 6.14. The molecule has 0 aromatic heterocycles. The van der Waals surface area contributed by atoms with Crippen LogP contribution >= 0.6 is 0 Å². The van der Waals surface area contributed by atoms with Gasteiger partial charge < -0.3 is 14.8 Å². The monoisotopic (exact) mass is 397 g/mol. The molecule has 7 heteroatoms. The highest BCUT2D eigenvalue weighted by Gasteiger charge is 2.19. The number of benzene rings is 2. The number of ketones is 1. The summed E-state index contributed by atoms with van der Waals surface area (Å²) < 4.78 is 9.55. The maximum Gasteiger partial charge on any atom is 0.339 e. The molecule has 0 bridgehead atoms. The number of aryl methyl sites for hydroxylation is 1. The number of methoxy groups -OCH3 is 1. The van der Waals surface area contributed by atoms with E-state index in [0.717, 1.165) is 5.56 Å². The number of hydrogen-bond donors (Lipinski definition) is 1. The first-order chi connectivity index (χ1) is 13.9. The van der Waals surface area contributed by atoms with Crippen LogP contribution in [0.3, 0.4) is 0 Å². The number of nitrogens with one attached hydrogen (secondary N) is 1. The van der Waals surface area contributed by atoms with Crippen LogP contribution in [0.5, 0.6) is 0 Å². The van der Waals surface area contributed by atoms with Crippen LogP contribution in [0.4, 0.5) is 0 Å². The molecule has 0 aliphatic heterocycles. The van der Waals surface area contributed by atoms with Crippen LogP contribution < -0.4 is 5.32 Å². The minimum Gasteiger partial charge on any atom is -0.469 e. The molecule has 1 N–H and O–H groups in total. The minimum absolute atomic E-state index is 0.0940. The van der Waals surface area contributed by atoms with Gasteiger partial charge in [0.1, 0.15) is 0 Å². The third-order valence-corrected chi connectivity index (χ3v) is 4.15. The van der Waals surface area contributed by atoms with Gasteiger partial charge in [-0.2, -0.15) is 0 Å². The Morgan fingerprint density at radius 3 is 2.24 bits per heavy atom. The van der Waals surface area contributed by atoms with E-state index in [-0.39, 0.29) is 35.8 Å². The van der Waals surface area contributed by atoms with Crippen molar-refractivity contribution in [3.8, 4) is 0 Å². The summed E-state index contributed by atoms with van der Waals surface area (Å²) in [6, 6.07) is 13.3. The van der Waals surface area contributed by atoms with Crippen molar-refractivity contribution in [1.82, 2.24) is 5.32 Å². The van der Waals surface area contributed by atoms with E-state index in [1.165, 1.54) is 13.2 Å². The highest BCUT2D eigenvalue weighted by Crippen LogP contribution is 2.16. The number of carbonyl (C=O) groups is 4. The van der Waals surface area contributed by atoms with Crippen molar-refractivity contribution < 1.29 is 28.7 Å². The van der Waals surface area contributed by atoms with Gasteiger partial charge in [0.2, 0.25) is 0 Å². The van der Waals surface area contributed by atoms with Crippen molar-refractivity contribution in [2.24, 2.45) is 0 Å². The molecule has 0 unspecified atom stereocenters. The van der Waals surface area contributed by atoms with Crippen molar-refractivity contribution in [3.63, 3.8) is 0 Å². The second-order valence-corrected chi connectivity index (χ2v) is 6.35. The van der Waals surface area contributed by atoms with Gasteiger partial charge in [0.25, 0.3) is 5.91 Å². The summed E-state index contributed by atoms with van der Waals surface area (Å²) in [5.74, 6) is -1.92. The topological polar surface area (TPSA) is 98.8 Å². The first kappa shape index (κ1) is 21.8. The molecule has 0 aliphatic carbocycles. The van der Waals surface area contributed by atoms with Gasteiger partial charge in [0.15, 0.2) is 12.4 Å². The summed E-state index contributed by atoms with van der Waals surface area (Å²) in [4.78, 5) is 47.9. The molecular weight excluding hydrogens is 374 g/mol. The number of hydrogen-bond acceptors (Lipinski definition) is 6. The van der Waals surface area contributed by atoms with Gasteiger partial charge in [0.05, 0.1) is 12.7 Å². The molecule has 0 aliphatic rings. The Kier molecular flexibility index (Phi) is 8.09. The van der Waals surface area contributed by atoms with Gasteiger partial charge in [-0.15, -0.1) is 0 Å². The fourth-order valence-corrected chi connectivity index (χ4v) is 2.54. The van der Waals surface area contributed by atoms with Gasteiger partial charge >= 0.3 is 11.9 Å². The summed E-state index contributed by atoms with van der Waals surface area (Å²) in [7, 11) is 1.29. The third kappa shape index (κ3) is 6.57. The van der Waals surface area contributed by atoms with Gasteiger partial charge in [-0.25, -0.2) is 4.79 Å². The predicted molar refractivity (Wildman–Crippen MR) is 106 cm³/mol. The van der Waals surface area contributed by atoms with E-state index >= 15 is 0 Å². The Hall–Kier alpha value is -3.48. The molecule has 7 nitrogen and oxygen atoms in total. The number of amides is 1. The Balaban J connectivity index is 1.94. The fourth-order valence-electron chi connectivity index (χ4n) is 2.54. The molecule has 1 amide bonds. The molecule has 0 radical (unpaired) electrons. The number of rotatable bonds is 9. The number of ether oxygens (including phenoxy) is 2. The second kappa shape index (κ2) is 10.8. The lowest BCUT2D eigenvalue weighted by atomic mass is 9.98. The van der Waals surface area contributed by atoms with Crippen molar-refractivity contribution >= 4 is 23.6 Å². The molecule has 0 spiro atoms. The van der Waals surface area contributed by atoms with Gasteiger partial charge in [0, 0.05) is 24.1 Å². The summed E-state index contributed by atoms with van der Waals surface area (Å²) >= 11 is 0. The summed E-state index contributed by atoms with van der Waals surface area (Å²) in [6.45, 7) is 1.69. The van der Waals surface area contributed by atoms with E-state index < -0.39 is 18.5 Å². The Bertz CT molecular complexity index is 888. The van der Waals surface area contributed by atoms with E-state index in [4.69, 9.17) is 4.74 Å². The van der Waals surface area contributed by atoms with Crippen LogP contribution in [0.25, 0.3) is 0 Å². The van der Waals surface area contributed by atoms with E-state index in [1.807, 2.05) is 19.1 Å². The zero-order chi connectivity index (χ0) is 21.2. The largest absolute Gasteiger partial charge is 0.469 e. The first-order valence-electron chi connectivity index (χ1n) is 9.13. The van der Waals surface area contributed by atoms with Crippen LogP contribution in [0.1, 0.15) is 44.7 Å². The smallest absolute Gasteiger partial charge is 0.339 e. The van der Waals surface area contributed by atoms with Gasteiger partial charge in [-0.1, -0.05) is 48.0 Å². The average molecular weight is 397 g/mol. The van der Waals surface area contributed by atoms with Crippen LogP contribution in [0.15, 0.2) is 48.5 Å². The SMILES string of the molecule is COC(=O)CCCNC(=O)COC(=O)c1ccccc1C(=O)c1ccc(C)cc1. The maximum absolute atomic E-state index is 12.8. The lowest BCUT2D eigenvalue weighted by molar-refractivity contribution is -0.140. The second-order valence-electron chi connectivity index (χ2n) is 6.35. The van der Waals surface area contributed by atoms with Crippen LogP contribution in [-0.2, 0) is 19.1 Å². The van der Waals surface area contributed by atoms with Crippen molar-refractivity contribution in [2.45, 2.75) is 19.8 Å². The molecule has 0 fully saturated rings. The van der Waals surface area contributed by atoms with Crippen LogP contribution in [0, 0.1) is 6.92 Å². The molecule has 0 saturated carbocycles. The maximum atomic E-state index is 12.8. The number of carbonyl (C=O) groups excluding carboxylic acids is 4. The summed E-state index contributed by atoms with van der Waals surface area (Å²) in [5, 5.41) is 2.55. The Labute approximate surface area is 169 Å². The Morgan fingerprint density at radius 2 is 1.59 bits per heavy atom. The van der Waals surface area contributed by atoms with Crippen LogP contribution in [-0.4, -0.2) is 43.9 Å². The average Bonchev–Trinajstić information content (AvgIpc) is 2.74. The quantitative estimate of drug-likeness (QED) is 0.396. The molecule has 2 aromatic rings. The first-order valence-corrected chi connectivity index (χ1v) is 9.13. The lowest BCUT2D eigenvalue weighted by Crippen LogP contribution is -2.30. The molecule has 0 heterocycles. The van der Waals surface area contributed by atoms with E-state index in [9.17, 15) is 19.2 Å². The highest BCUT2D eigenvalue weighted by atomic mass is 16.5. The molecule has 152 valence electrons. The molecular formula is C22H23NO6. The molecule has 2 aromatic carbocycles. The molecule has 0 saturated heterocycles. The zero-order valence-corrected chi connectivity index (χ0v) is 16.4. The zero-order valence-electron chi connectivity index (χ0n) is 16.4. The predicted octanol–water partition coefficient (Wildman–Crippen LogP) is 2.45.